The van der Waals surface area contributed by atoms with Gasteiger partial charge in [-0.1, -0.05) is 6.92 Å². The fourth-order valence-corrected chi connectivity index (χ4v) is 2.17. The topological polar surface area (TPSA) is 99.1 Å². The second-order valence-corrected chi connectivity index (χ2v) is 4.36. The van der Waals surface area contributed by atoms with E-state index in [0.717, 1.165) is 13.0 Å². The third kappa shape index (κ3) is 2.21. The molecule has 2 rings (SSSR count). The molecule has 1 aromatic heterocycles. The molecule has 0 saturated carbocycles. The zero-order valence-corrected chi connectivity index (χ0v) is 9.80. The van der Waals surface area contributed by atoms with E-state index in [1.807, 2.05) is 4.90 Å². The number of nitrogen functional groups attached to an aromatic ring is 1. The molecule has 0 amide bonds. The van der Waals surface area contributed by atoms with Gasteiger partial charge in [0, 0.05) is 12.7 Å². The number of rotatable bonds is 3. The average Bonchev–Trinajstić information content (AvgIpc) is 2.70. The monoisotopic (exact) mass is 235 g/mol. The van der Waals surface area contributed by atoms with Gasteiger partial charge in [0.25, 0.3) is 0 Å². The molecule has 0 spiro atoms. The minimum atomic E-state index is -0.0681. The Balaban J connectivity index is 2.28. The quantitative estimate of drug-likeness (QED) is 0.504. The van der Waals surface area contributed by atoms with Crippen LogP contribution in [-0.2, 0) is 0 Å². The molecule has 1 fully saturated rings. The standard InChI is InChI=1S/C11H17N5O/c1-7-3-5-16(9(7)6-17)11-14-4-2-8(15-11)10(12)13/h2,4,7,9,17H,3,5-6H2,1H3,(H3,12,13). The van der Waals surface area contributed by atoms with Gasteiger partial charge >= 0.3 is 0 Å². The predicted octanol–water partition coefficient (Wildman–Crippen LogP) is -0.0322. The van der Waals surface area contributed by atoms with Crippen LogP contribution in [0.15, 0.2) is 12.3 Å². The molecule has 1 aliphatic heterocycles. The number of aliphatic hydroxyl groups is 1. The highest BCUT2D eigenvalue weighted by Gasteiger charge is 2.32. The molecule has 92 valence electrons. The first-order chi connectivity index (χ1) is 8.13. The highest BCUT2D eigenvalue weighted by molar-refractivity contribution is 5.93. The smallest absolute Gasteiger partial charge is 0.226 e. The zero-order valence-electron chi connectivity index (χ0n) is 9.80. The van der Waals surface area contributed by atoms with Gasteiger partial charge in [-0.15, -0.1) is 0 Å². The van der Waals surface area contributed by atoms with E-state index in [1.54, 1.807) is 12.3 Å². The van der Waals surface area contributed by atoms with Crippen molar-refractivity contribution in [2.45, 2.75) is 19.4 Å². The van der Waals surface area contributed by atoms with Crippen LogP contribution in [0.1, 0.15) is 19.0 Å². The summed E-state index contributed by atoms with van der Waals surface area (Å²) >= 11 is 0. The third-order valence-corrected chi connectivity index (χ3v) is 3.25. The van der Waals surface area contributed by atoms with Crippen LogP contribution >= 0.6 is 0 Å². The average molecular weight is 235 g/mol. The summed E-state index contributed by atoms with van der Waals surface area (Å²) < 4.78 is 0. The number of amidine groups is 1. The summed E-state index contributed by atoms with van der Waals surface area (Å²) in [4.78, 5) is 10.4. The molecule has 17 heavy (non-hydrogen) atoms. The van der Waals surface area contributed by atoms with Gasteiger partial charge in [-0.05, 0) is 18.4 Å². The number of nitrogens with two attached hydrogens (primary N) is 1. The zero-order chi connectivity index (χ0) is 12.4. The van der Waals surface area contributed by atoms with E-state index in [4.69, 9.17) is 11.1 Å². The van der Waals surface area contributed by atoms with Gasteiger partial charge in [0.1, 0.15) is 11.5 Å². The Morgan fingerprint density at radius 3 is 3.12 bits per heavy atom. The molecule has 2 heterocycles. The van der Waals surface area contributed by atoms with Crippen LogP contribution in [0.3, 0.4) is 0 Å². The minimum Gasteiger partial charge on any atom is -0.394 e. The first kappa shape index (κ1) is 11.8. The Kier molecular flexibility index (Phi) is 3.23. The van der Waals surface area contributed by atoms with Gasteiger partial charge < -0.3 is 15.7 Å². The molecule has 0 aromatic carbocycles. The summed E-state index contributed by atoms with van der Waals surface area (Å²) in [6.45, 7) is 3.03. The van der Waals surface area contributed by atoms with E-state index >= 15 is 0 Å². The number of aliphatic hydroxyl groups excluding tert-OH is 1. The van der Waals surface area contributed by atoms with Crippen molar-refractivity contribution in [1.29, 1.82) is 5.41 Å². The number of hydrogen-bond donors (Lipinski definition) is 3. The number of hydrogen-bond acceptors (Lipinski definition) is 5. The van der Waals surface area contributed by atoms with Gasteiger partial charge in [-0.3, -0.25) is 5.41 Å². The van der Waals surface area contributed by atoms with Gasteiger partial charge in [-0.2, -0.15) is 0 Å². The largest absolute Gasteiger partial charge is 0.394 e. The van der Waals surface area contributed by atoms with Crippen molar-refractivity contribution < 1.29 is 5.11 Å². The summed E-state index contributed by atoms with van der Waals surface area (Å²) in [6, 6.07) is 1.66. The molecule has 0 radical (unpaired) electrons. The third-order valence-electron chi connectivity index (χ3n) is 3.25. The number of nitrogens with one attached hydrogen (secondary N) is 1. The molecule has 0 bridgehead atoms. The van der Waals surface area contributed by atoms with Crippen molar-refractivity contribution in [3.63, 3.8) is 0 Å². The molecule has 1 saturated heterocycles. The first-order valence-electron chi connectivity index (χ1n) is 5.68. The van der Waals surface area contributed by atoms with E-state index in [0.29, 0.717) is 17.6 Å². The number of nitrogens with zero attached hydrogens (tertiary/aromatic N) is 3. The van der Waals surface area contributed by atoms with Crippen LogP contribution in [0.25, 0.3) is 0 Å². The van der Waals surface area contributed by atoms with Gasteiger partial charge in [0.05, 0.1) is 12.6 Å². The Morgan fingerprint density at radius 1 is 1.71 bits per heavy atom. The summed E-state index contributed by atoms with van der Waals surface area (Å²) in [6.07, 6.45) is 2.61. The highest BCUT2D eigenvalue weighted by atomic mass is 16.3. The molecule has 6 heteroatoms. The second-order valence-electron chi connectivity index (χ2n) is 4.36. The lowest BCUT2D eigenvalue weighted by Gasteiger charge is -2.25. The minimum absolute atomic E-state index is 0.0530. The summed E-state index contributed by atoms with van der Waals surface area (Å²) in [5.41, 5.74) is 5.82. The van der Waals surface area contributed by atoms with Crippen molar-refractivity contribution in [2.24, 2.45) is 11.7 Å². The van der Waals surface area contributed by atoms with Crippen LogP contribution < -0.4 is 10.6 Å². The van der Waals surface area contributed by atoms with Crippen LogP contribution in [0.5, 0.6) is 0 Å². The van der Waals surface area contributed by atoms with E-state index in [-0.39, 0.29) is 18.5 Å². The lowest BCUT2D eigenvalue weighted by molar-refractivity contribution is 0.244. The van der Waals surface area contributed by atoms with E-state index in [2.05, 4.69) is 16.9 Å². The lowest BCUT2D eigenvalue weighted by atomic mass is 10.0. The maximum atomic E-state index is 9.38. The fourth-order valence-electron chi connectivity index (χ4n) is 2.17. The highest BCUT2D eigenvalue weighted by Crippen LogP contribution is 2.26. The molecule has 1 aliphatic rings. The Hall–Kier alpha value is -1.69. The van der Waals surface area contributed by atoms with E-state index < -0.39 is 0 Å². The summed E-state index contributed by atoms with van der Waals surface area (Å²) in [5, 5.41) is 16.7. The molecule has 2 atom stereocenters. The van der Waals surface area contributed by atoms with Crippen LogP contribution in [-0.4, -0.2) is 40.1 Å². The first-order valence-corrected chi connectivity index (χ1v) is 5.68. The van der Waals surface area contributed by atoms with Gasteiger partial charge in [0.15, 0.2) is 0 Å². The lowest BCUT2D eigenvalue weighted by Crippen LogP contribution is -2.36. The van der Waals surface area contributed by atoms with E-state index in [1.165, 1.54) is 0 Å². The van der Waals surface area contributed by atoms with Crippen molar-refractivity contribution >= 4 is 11.8 Å². The van der Waals surface area contributed by atoms with Crippen molar-refractivity contribution in [3.05, 3.63) is 18.0 Å². The normalized spacial score (nSPS) is 24.0. The van der Waals surface area contributed by atoms with E-state index in [9.17, 15) is 5.11 Å². The maximum absolute atomic E-state index is 9.38. The molecule has 2 unspecified atom stereocenters. The van der Waals surface area contributed by atoms with Crippen LogP contribution in [0, 0.1) is 11.3 Å². The summed E-state index contributed by atoms with van der Waals surface area (Å²) in [5.74, 6) is 0.895. The Morgan fingerprint density at radius 2 is 2.47 bits per heavy atom. The molecule has 6 nitrogen and oxygen atoms in total. The van der Waals surface area contributed by atoms with Gasteiger partial charge in [-0.25, -0.2) is 9.97 Å². The fraction of sp³-hybridized carbons (Fsp3) is 0.545. The van der Waals surface area contributed by atoms with Crippen molar-refractivity contribution in [2.75, 3.05) is 18.1 Å². The SMILES string of the molecule is CC1CCN(c2nccc(C(=N)N)n2)C1CO. The maximum Gasteiger partial charge on any atom is 0.226 e. The molecule has 4 N–H and O–H groups in total. The number of aromatic nitrogens is 2. The van der Waals surface area contributed by atoms with Crippen molar-refractivity contribution in [3.8, 4) is 0 Å². The van der Waals surface area contributed by atoms with Crippen LogP contribution in [0.4, 0.5) is 5.95 Å². The molecule has 0 aliphatic carbocycles. The van der Waals surface area contributed by atoms with Crippen LogP contribution in [0.2, 0.25) is 0 Å². The predicted molar refractivity (Wildman–Crippen MR) is 65.0 cm³/mol. The Labute approximate surface area is 100.0 Å². The van der Waals surface area contributed by atoms with Gasteiger partial charge in [0.2, 0.25) is 5.95 Å². The van der Waals surface area contributed by atoms with Crippen molar-refractivity contribution in [1.82, 2.24) is 9.97 Å². The molecular formula is C11H17N5O. The Bertz CT molecular complexity index is 422. The summed E-state index contributed by atoms with van der Waals surface area (Å²) in [7, 11) is 0. The molecular weight excluding hydrogens is 218 g/mol. The second kappa shape index (κ2) is 4.67. The molecule has 1 aromatic rings. The number of anilines is 1.